The first-order valence-electron chi connectivity index (χ1n) is 8.19. The van der Waals surface area contributed by atoms with Gasteiger partial charge in [-0.05, 0) is 41.0 Å². The molecule has 0 aliphatic heterocycles. The fourth-order valence-corrected chi connectivity index (χ4v) is 3.37. The number of guanidine groups is 1. The summed E-state index contributed by atoms with van der Waals surface area (Å²) in [6.45, 7) is 0.676. The molecule has 0 aromatic heterocycles. The molecule has 0 aliphatic carbocycles. The lowest BCUT2D eigenvalue weighted by Crippen LogP contribution is -2.36. The minimum atomic E-state index is -3.23. The highest BCUT2D eigenvalue weighted by molar-refractivity contribution is 14.0. The van der Waals surface area contributed by atoms with Crippen molar-refractivity contribution in [3.05, 3.63) is 70.5 Å². The standard InChI is InChI=1S/C19H21FN4O2S.HI/c1-22-19(23-11-15-5-3-4-14(8-15)10-21)24-12-17-9-18(20)7-6-16(17)13-27(2,25)26;/h3-9H,11-13H2,1-2H3,(H2,22,23,24);1H. The lowest BCUT2D eigenvalue weighted by molar-refractivity contribution is 0.599. The van der Waals surface area contributed by atoms with E-state index in [0.717, 1.165) is 11.8 Å². The van der Waals surface area contributed by atoms with Gasteiger partial charge in [0.2, 0.25) is 0 Å². The molecule has 2 aromatic carbocycles. The molecular weight excluding hydrogens is 494 g/mol. The molecule has 0 amide bonds. The van der Waals surface area contributed by atoms with Crippen LogP contribution in [0, 0.1) is 17.1 Å². The van der Waals surface area contributed by atoms with Crippen LogP contribution >= 0.6 is 24.0 Å². The van der Waals surface area contributed by atoms with Crippen LogP contribution in [0.3, 0.4) is 0 Å². The summed E-state index contributed by atoms with van der Waals surface area (Å²) in [5, 5.41) is 15.1. The quantitative estimate of drug-likeness (QED) is 0.350. The number of hydrogen-bond acceptors (Lipinski definition) is 4. The van der Waals surface area contributed by atoms with Crippen molar-refractivity contribution in [2.75, 3.05) is 13.3 Å². The highest BCUT2D eigenvalue weighted by Crippen LogP contribution is 2.14. The van der Waals surface area contributed by atoms with Crippen LogP contribution in [0.15, 0.2) is 47.5 Å². The summed E-state index contributed by atoms with van der Waals surface area (Å²) in [6.07, 6.45) is 1.14. The molecule has 0 bridgehead atoms. The van der Waals surface area contributed by atoms with E-state index in [4.69, 9.17) is 5.26 Å². The summed E-state index contributed by atoms with van der Waals surface area (Å²) in [7, 11) is -1.63. The molecule has 0 radical (unpaired) electrons. The molecule has 0 saturated carbocycles. The molecule has 2 N–H and O–H groups in total. The van der Waals surface area contributed by atoms with Gasteiger partial charge in [0.25, 0.3) is 0 Å². The van der Waals surface area contributed by atoms with E-state index in [1.54, 1.807) is 25.2 Å². The van der Waals surface area contributed by atoms with Gasteiger partial charge < -0.3 is 10.6 Å². The molecule has 150 valence electrons. The van der Waals surface area contributed by atoms with Gasteiger partial charge in [0.05, 0.1) is 17.4 Å². The number of rotatable bonds is 6. The predicted molar refractivity (Wildman–Crippen MR) is 119 cm³/mol. The fourth-order valence-electron chi connectivity index (χ4n) is 2.52. The molecule has 28 heavy (non-hydrogen) atoms. The van der Waals surface area contributed by atoms with E-state index >= 15 is 0 Å². The molecule has 0 saturated heterocycles. The van der Waals surface area contributed by atoms with E-state index in [9.17, 15) is 12.8 Å². The average Bonchev–Trinajstić information content (AvgIpc) is 2.63. The monoisotopic (exact) mass is 516 g/mol. The molecule has 0 spiro atoms. The van der Waals surface area contributed by atoms with Crippen molar-refractivity contribution in [1.82, 2.24) is 10.6 Å². The Kier molecular flexibility index (Phi) is 9.34. The largest absolute Gasteiger partial charge is 0.352 e. The lowest BCUT2D eigenvalue weighted by Gasteiger charge is -2.14. The molecule has 6 nitrogen and oxygen atoms in total. The summed E-state index contributed by atoms with van der Waals surface area (Å²) in [6, 6.07) is 13.3. The van der Waals surface area contributed by atoms with Gasteiger partial charge in [0.15, 0.2) is 15.8 Å². The van der Waals surface area contributed by atoms with Gasteiger partial charge in [-0.15, -0.1) is 24.0 Å². The SMILES string of the molecule is CN=C(NCc1cccc(C#N)c1)NCc1cc(F)ccc1CS(C)(=O)=O.I. The second-order valence-electron chi connectivity index (χ2n) is 6.07. The van der Waals surface area contributed by atoms with E-state index in [-0.39, 0.29) is 36.3 Å². The van der Waals surface area contributed by atoms with Gasteiger partial charge in [-0.2, -0.15) is 5.26 Å². The summed E-state index contributed by atoms with van der Waals surface area (Å²) in [5.74, 6) is -0.107. The Hall–Kier alpha value is -2.19. The number of nitriles is 1. The Bertz CT molecular complexity index is 988. The molecule has 0 aliphatic rings. The van der Waals surface area contributed by atoms with Crippen molar-refractivity contribution < 1.29 is 12.8 Å². The summed E-state index contributed by atoms with van der Waals surface area (Å²) in [5.41, 5.74) is 2.58. The maximum absolute atomic E-state index is 13.6. The molecule has 0 heterocycles. The number of hydrogen-bond donors (Lipinski definition) is 2. The third-order valence-corrected chi connectivity index (χ3v) is 4.61. The van der Waals surface area contributed by atoms with E-state index in [2.05, 4.69) is 21.7 Å². The van der Waals surface area contributed by atoms with Gasteiger partial charge in [0, 0.05) is 26.4 Å². The Morgan fingerprint density at radius 1 is 1.14 bits per heavy atom. The number of aliphatic imine (C=N–C) groups is 1. The van der Waals surface area contributed by atoms with Crippen molar-refractivity contribution in [2.24, 2.45) is 4.99 Å². The number of benzene rings is 2. The maximum Gasteiger partial charge on any atom is 0.191 e. The second kappa shape index (κ2) is 11.0. The third-order valence-electron chi connectivity index (χ3n) is 3.77. The van der Waals surface area contributed by atoms with Crippen LogP contribution in [0.25, 0.3) is 0 Å². The number of halogens is 2. The van der Waals surface area contributed by atoms with E-state index < -0.39 is 15.7 Å². The zero-order chi connectivity index (χ0) is 19.9. The van der Waals surface area contributed by atoms with Crippen LogP contribution in [0.4, 0.5) is 4.39 Å². The van der Waals surface area contributed by atoms with Crippen LogP contribution < -0.4 is 10.6 Å². The number of nitrogens with one attached hydrogen (secondary N) is 2. The minimum Gasteiger partial charge on any atom is -0.352 e. The van der Waals surface area contributed by atoms with E-state index in [1.165, 1.54) is 18.2 Å². The molecule has 2 aromatic rings. The average molecular weight is 516 g/mol. The van der Waals surface area contributed by atoms with Crippen molar-refractivity contribution in [3.63, 3.8) is 0 Å². The van der Waals surface area contributed by atoms with Gasteiger partial charge >= 0.3 is 0 Å². The van der Waals surface area contributed by atoms with Crippen LogP contribution in [0.1, 0.15) is 22.3 Å². The Labute approximate surface area is 181 Å². The molecule has 0 fully saturated rings. The first-order chi connectivity index (χ1) is 12.8. The van der Waals surface area contributed by atoms with Crippen molar-refractivity contribution in [1.29, 1.82) is 5.26 Å². The lowest BCUT2D eigenvalue weighted by atomic mass is 10.1. The summed E-state index contributed by atoms with van der Waals surface area (Å²) in [4.78, 5) is 4.10. The Balaban J connectivity index is 0.00000392. The normalized spacial score (nSPS) is 11.3. The highest BCUT2D eigenvalue weighted by atomic mass is 127. The molecule has 0 unspecified atom stereocenters. The molecule has 9 heteroatoms. The van der Waals surface area contributed by atoms with Crippen molar-refractivity contribution in [3.8, 4) is 6.07 Å². The van der Waals surface area contributed by atoms with E-state index in [1.807, 2.05) is 6.07 Å². The zero-order valence-electron chi connectivity index (χ0n) is 15.6. The predicted octanol–water partition coefficient (Wildman–Crippen LogP) is 2.73. The highest BCUT2D eigenvalue weighted by Gasteiger charge is 2.11. The molecular formula is C19H22FIN4O2S. The number of sulfone groups is 1. The Morgan fingerprint density at radius 3 is 2.50 bits per heavy atom. The van der Waals surface area contributed by atoms with Crippen molar-refractivity contribution >= 4 is 39.8 Å². The smallest absolute Gasteiger partial charge is 0.191 e. The zero-order valence-corrected chi connectivity index (χ0v) is 18.7. The van der Waals surface area contributed by atoms with Crippen LogP contribution in [-0.2, 0) is 28.7 Å². The topological polar surface area (TPSA) is 94.3 Å². The van der Waals surface area contributed by atoms with Gasteiger partial charge in [0.1, 0.15) is 5.82 Å². The first-order valence-corrected chi connectivity index (χ1v) is 10.3. The third kappa shape index (κ3) is 7.82. The van der Waals surface area contributed by atoms with E-state index in [0.29, 0.717) is 29.2 Å². The summed E-state index contributed by atoms with van der Waals surface area (Å²) < 4.78 is 36.7. The van der Waals surface area contributed by atoms with Crippen LogP contribution in [0.2, 0.25) is 0 Å². The van der Waals surface area contributed by atoms with Gasteiger partial charge in [-0.1, -0.05) is 18.2 Å². The van der Waals surface area contributed by atoms with Crippen LogP contribution in [0.5, 0.6) is 0 Å². The molecule has 2 rings (SSSR count). The van der Waals surface area contributed by atoms with Gasteiger partial charge in [-0.3, -0.25) is 4.99 Å². The van der Waals surface area contributed by atoms with Gasteiger partial charge in [-0.25, -0.2) is 12.8 Å². The molecule has 0 atom stereocenters. The second-order valence-corrected chi connectivity index (χ2v) is 8.21. The first kappa shape index (κ1) is 23.8. The van der Waals surface area contributed by atoms with Crippen LogP contribution in [-0.4, -0.2) is 27.7 Å². The maximum atomic E-state index is 13.6. The summed E-state index contributed by atoms with van der Waals surface area (Å²) >= 11 is 0. The fraction of sp³-hybridized carbons (Fsp3) is 0.263. The van der Waals surface area contributed by atoms with Crippen molar-refractivity contribution in [2.45, 2.75) is 18.8 Å². The number of nitrogens with zero attached hydrogens (tertiary/aromatic N) is 2. The Morgan fingerprint density at radius 2 is 1.86 bits per heavy atom. The minimum absolute atomic E-state index is 0.